The number of benzene rings is 1. The van der Waals surface area contributed by atoms with Crippen LogP contribution in [0.2, 0.25) is 0 Å². The zero-order valence-corrected chi connectivity index (χ0v) is 11.6. The Balaban J connectivity index is 1.99. The number of hydrogen-bond donors (Lipinski definition) is 2. The van der Waals surface area contributed by atoms with Gasteiger partial charge >= 0.3 is 0 Å². The van der Waals surface area contributed by atoms with Gasteiger partial charge in [-0.15, -0.1) is 0 Å². The van der Waals surface area contributed by atoms with Gasteiger partial charge < -0.3 is 10.4 Å². The van der Waals surface area contributed by atoms with Crippen molar-refractivity contribution in [1.82, 2.24) is 10.3 Å². The van der Waals surface area contributed by atoms with Gasteiger partial charge in [-0.1, -0.05) is 24.3 Å². The summed E-state index contributed by atoms with van der Waals surface area (Å²) in [6, 6.07) is 9.36. The third-order valence-electron chi connectivity index (χ3n) is 3.14. The molecular formula is C16H18N2O2. The summed E-state index contributed by atoms with van der Waals surface area (Å²) in [7, 11) is 0. The number of aromatic nitrogens is 1. The normalized spacial score (nSPS) is 11.9. The van der Waals surface area contributed by atoms with E-state index in [1.54, 1.807) is 12.3 Å². The molecule has 0 spiro atoms. The molecule has 1 amide bonds. The van der Waals surface area contributed by atoms with Crippen LogP contribution in [0.4, 0.5) is 0 Å². The Hall–Kier alpha value is -2.20. The van der Waals surface area contributed by atoms with Crippen molar-refractivity contribution in [3.8, 4) is 0 Å². The number of rotatable bonds is 4. The van der Waals surface area contributed by atoms with Crippen LogP contribution in [0.25, 0.3) is 0 Å². The Morgan fingerprint density at radius 1 is 1.30 bits per heavy atom. The second-order valence-electron chi connectivity index (χ2n) is 4.83. The van der Waals surface area contributed by atoms with Crippen LogP contribution in [0.5, 0.6) is 0 Å². The molecule has 0 saturated carbocycles. The Morgan fingerprint density at radius 2 is 2.05 bits per heavy atom. The molecule has 1 aromatic heterocycles. The first-order valence-corrected chi connectivity index (χ1v) is 6.51. The minimum absolute atomic E-state index is 0.178. The monoisotopic (exact) mass is 270 g/mol. The smallest absolute Gasteiger partial charge is 0.252 e. The van der Waals surface area contributed by atoms with Crippen LogP contribution < -0.4 is 5.32 Å². The van der Waals surface area contributed by atoms with Crippen LogP contribution in [0.1, 0.15) is 33.2 Å². The molecule has 1 unspecified atom stereocenters. The Labute approximate surface area is 118 Å². The lowest BCUT2D eigenvalue weighted by molar-refractivity contribution is 0.0915. The molecule has 2 aromatic rings. The fourth-order valence-electron chi connectivity index (χ4n) is 2.04. The first-order valence-electron chi connectivity index (χ1n) is 6.51. The molecule has 1 aromatic carbocycles. The van der Waals surface area contributed by atoms with Gasteiger partial charge in [-0.3, -0.25) is 9.78 Å². The summed E-state index contributed by atoms with van der Waals surface area (Å²) >= 11 is 0. The molecular weight excluding hydrogens is 252 g/mol. The Morgan fingerprint density at radius 3 is 2.75 bits per heavy atom. The van der Waals surface area contributed by atoms with Crippen molar-refractivity contribution in [2.24, 2.45) is 0 Å². The SMILES string of the molecule is Cc1cncc(C(=O)NCC(O)c2ccccc2C)c1. The van der Waals surface area contributed by atoms with Gasteiger partial charge in [0.25, 0.3) is 5.91 Å². The number of carbonyl (C=O) groups excluding carboxylic acids is 1. The van der Waals surface area contributed by atoms with Gasteiger partial charge in [0.15, 0.2) is 0 Å². The van der Waals surface area contributed by atoms with Gasteiger partial charge in [0, 0.05) is 18.9 Å². The van der Waals surface area contributed by atoms with Gasteiger partial charge in [0.1, 0.15) is 0 Å². The summed E-state index contributed by atoms with van der Waals surface area (Å²) < 4.78 is 0. The third kappa shape index (κ3) is 3.42. The van der Waals surface area contributed by atoms with Gasteiger partial charge in [0.2, 0.25) is 0 Å². The zero-order valence-electron chi connectivity index (χ0n) is 11.6. The molecule has 0 bridgehead atoms. The molecule has 2 N–H and O–H groups in total. The molecule has 0 radical (unpaired) electrons. The summed E-state index contributed by atoms with van der Waals surface area (Å²) in [5.41, 5.74) is 3.26. The Bertz CT molecular complexity index is 611. The van der Waals surface area contributed by atoms with E-state index in [-0.39, 0.29) is 12.5 Å². The second-order valence-corrected chi connectivity index (χ2v) is 4.83. The first kappa shape index (κ1) is 14.2. The zero-order chi connectivity index (χ0) is 14.5. The number of aliphatic hydroxyl groups is 1. The minimum Gasteiger partial charge on any atom is -0.387 e. The maximum atomic E-state index is 12.0. The van der Waals surface area contributed by atoms with E-state index >= 15 is 0 Å². The third-order valence-corrected chi connectivity index (χ3v) is 3.14. The van der Waals surface area contributed by atoms with E-state index in [4.69, 9.17) is 0 Å². The molecule has 0 aliphatic rings. The highest BCUT2D eigenvalue weighted by atomic mass is 16.3. The molecule has 4 nitrogen and oxygen atoms in total. The van der Waals surface area contributed by atoms with Crippen LogP contribution in [-0.4, -0.2) is 22.5 Å². The van der Waals surface area contributed by atoms with Crippen LogP contribution >= 0.6 is 0 Å². The fourth-order valence-corrected chi connectivity index (χ4v) is 2.04. The predicted molar refractivity (Wildman–Crippen MR) is 77.4 cm³/mol. The van der Waals surface area contributed by atoms with E-state index in [0.717, 1.165) is 16.7 Å². The highest BCUT2D eigenvalue weighted by Crippen LogP contribution is 2.16. The van der Waals surface area contributed by atoms with Crippen LogP contribution in [-0.2, 0) is 0 Å². The molecule has 104 valence electrons. The highest BCUT2D eigenvalue weighted by Gasteiger charge is 2.12. The summed E-state index contributed by atoms with van der Waals surface area (Å²) in [5.74, 6) is -0.228. The maximum absolute atomic E-state index is 12.0. The molecule has 20 heavy (non-hydrogen) atoms. The lowest BCUT2D eigenvalue weighted by Gasteiger charge is -2.14. The average molecular weight is 270 g/mol. The number of nitrogens with one attached hydrogen (secondary N) is 1. The van der Waals surface area contributed by atoms with Gasteiger partial charge in [-0.05, 0) is 36.6 Å². The van der Waals surface area contributed by atoms with E-state index in [1.807, 2.05) is 38.1 Å². The largest absolute Gasteiger partial charge is 0.387 e. The van der Waals surface area contributed by atoms with Crippen LogP contribution in [0.3, 0.4) is 0 Å². The summed E-state index contributed by atoms with van der Waals surface area (Å²) in [5, 5.41) is 12.8. The number of aliphatic hydroxyl groups excluding tert-OH is 1. The van der Waals surface area contributed by atoms with E-state index in [9.17, 15) is 9.90 Å². The van der Waals surface area contributed by atoms with E-state index < -0.39 is 6.10 Å². The molecule has 0 saturated heterocycles. The van der Waals surface area contributed by atoms with E-state index in [0.29, 0.717) is 5.56 Å². The van der Waals surface area contributed by atoms with E-state index in [1.165, 1.54) is 6.20 Å². The van der Waals surface area contributed by atoms with Crippen molar-refractivity contribution < 1.29 is 9.90 Å². The Kier molecular flexibility index (Phi) is 4.48. The second kappa shape index (κ2) is 6.30. The number of aryl methyl sites for hydroxylation is 2. The summed E-state index contributed by atoms with van der Waals surface area (Å²) in [6.45, 7) is 3.99. The first-order chi connectivity index (χ1) is 9.58. The van der Waals surface area contributed by atoms with Gasteiger partial charge in [0.05, 0.1) is 11.7 Å². The molecule has 4 heteroatoms. The van der Waals surface area contributed by atoms with E-state index in [2.05, 4.69) is 10.3 Å². The molecule has 0 aliphatic heterocycles. The van der Waals surface area contributed by atoms with Crippen molar-refractivity contribution in [3.63, 3.8) is 0 Å². The van der Waals surface area contributed by atoms with Crippen LogP contribution in [0.15, 0.2) is 42.7 Å². The number of pyridine rings is 1. The molecule has 0 aliphatic carbocycles. The standard InChI is InChI=1S/C16H18N2O2/c1-11-7-13(9-17-8-11)16(20)18-10-15(19)14-6-4-3-5-12(14)2/h3-9,15,19H,10H2,1-2H3,(H,18,20). The lowest BCUT2D eigenvalue weighted by Crippen LogP contribution is -2.28. The van der Waals surface area contributed by atoms with Gasteiger partial charge in [-0.2, -0.15) is 0 Å². The summed E-state index contributed by atoms with van der Waals surface area (Å²) in [4.78, 5) is 15.9. The summed E-state index contributed by atoms with van der Waals surface area (Å²) in [6.07, 6.45) is 2.50. The van der Waals surface area contributed by atoms with Crippen LogP contribution in [0, 0.1) is 13.8 Å². The predicted octanol–water partition coefficient (Wildman–Crippen LogP) is 2.16. The number of carbonyl (C=O) groups is 1. The van der Waals surface area contributed by atoms with Crippen molar-refractivity contribution in [2.45, 2.75) is 20.0 Å². The topological polar surface area (TPSA) is 62.2 Å². The van der Waals surface area contributed by atoms with Crippen molar-refractivity contribution in [1.29, 1.82) is 0 Å². The number of hydrogen-bond acceptors (Lipinski definition) is 3. The number of amides is 1. The molecule has 1 atom stereocenters. The maximum Gasteiger partial charge on any atom is 0.252 e. The lowest BCUT2D eigenvalue weighted by atomic mass is 10.0. The van der Waals surface area contributed by atoms with Gasteiger partial charge in [-0.25, -0.2) is 0 Å². The highest BCUT2D eigenvalue weighted by molar-refractivity contribution is 5.94. The molecule has 1 heterocycles. The van der Waals surface area contributed by atoms with Crippen molar-refractivity contribution >= 4 is 5.91 Å². The van der Waals surface area contributed by atoms with Crippen molar-refractivity contribution in [2.75, 3.05) is 6.54 Å². The quantitative estimate of drug-likeness (QED) is 0.895. The fraction of sp³-hybridized carbons (Fsp3) is 0.250. The molecule has 2 rings (SSSR count). The molecule has 0 fully saturated rings. The average Bonchev–Trinajstić information content (AvgIpc) is 2.45. The number of nitrogens with zero attached hydrogens (tertiary/aromatic N) is 1. The minimum atomic E-state index is -0.710. The van der Waals surface area contributed by atoms with Crippen molar-refractivity contribution in [3.05, 3.63) is 65.0 Å².